The average molecular weight is 376 g/mol. The fraction of sp³-hybridized carbons (Fsp3) is 0.316. The number of hydrogen-bond acceptors (Lipinski definition) is 4. The van der Waals surface area contributed by atoms with E-state index in [1.165, 1.54) is 25.3 Å². The standard InChI is InChI=1S/C19H24N2O4S/c1-5-20-19(22)17-12-16(10-11-18(17)25-4)26(23,24)21-14(3)15-8-6-13(2)7-9-15/h6-12,14,21H,5H2,1-4H3,(H,20,22)/t14-/m0/s1. The molecule has 1 amide bonds. The van der Waals surface area contributed by atoms with Crippen molar-refractivity contribution >= 4 is 15.9 Å². The smallest absolute Gasteiger partial charge is 0.255 e. The highest BCUT2D eigenvalue weighted by Crippen LogP contribution is 2.24. The van der Waals surface area contributed by atoms with Gasteiger partial charge in [-0.05, 0) is 44.5 Å². The normalized spacial score (nSPS) is 12.5. The predicted octanol–water partition coefficient (Wildman–Crippen LogP) is 2.79. The van der Waals surface area contributed by atoms with Crippen LogP contribution in [0.3, 0.4) is 0 Å². The molecule has 0 saturated heterocycles. The Bertz CT molecular complexity index is 877. The van der Waals surface area contributed by atoms with E-state index in [0.717, 1.165) is 11.1 Å². The van der Waals surface area contributed by atoms with Crippen molar-refractivity contribution in [3.63, 3.8) is 0 Å². The Hall–Kier alpha value is -2.38. The molecule has 0 unspecified atom stereocenters. The maximum atomic E-state index is 12.7. The topological polar surface area (TPSA) is 84.5 Å². The van der Waals surface area contributed by atoms with Crippen LogP contribution in [0.1, 0.15) is 41.4 Å². The minimum Gasteiger partial charge on any atom is -0.496 e. The predicted molar refractivity (Wildman–Crippen MR) is 101 cm³/mol. The lowest BCUT2D eigenvalue weighted by atomic mass is 10.1. The summed E-state index contributed by atoms with van der Waals surface area (Å²) in [6.45, 7) is 5.97. The molecule has 2 rings (SSSR count). The van der Waals surface area contributed by atoms with Crippen LogP contribution in [0.25, 0.3) is 0 Å². The summed E-state index contributed by atoms with van der Waals surface area (Å²) in [5.74, 6) is -0.0607. The van der Waals surface area contributed by atoms with Crippen molar-refractivity contribution < 1.29 is 17.9 Å². The van der Waals surface area contributed by atoms with Gasteiger partial charge in [-0.1, -0.05) is 29.8 Å². The summed E-state index contributed by atoms with van der Waals surface area (Å²) in [4.78, 5) is 12.2. The molecule has 0 aliphatic rings. The molecule has 1 atom stereocenters. The first-order valence-corrected chi connectivity index (χ1v) is 9.82. The van der Waals surface area contributed by atoms with Crippen molar-refractivity contribution in [1.29, 1.82) is 0 Å². The van der Waals surface area contributed by atoms with Gasteiger partial charge in [-0.15, -0.1) is 0 Å². The van der Waals surface area contributed by atoms with Crippen molar-refractivity contribution in [3.8, 4) is 5.75 Å². The van der Waals surface area contributed by atoms with Gasteiger partial charge in [0.05, 0.1) is 17.6 Å². The highest BCUT2D eigenvalue weighted by molar-refractivity contribution is 7.89. The van der Waals surface area contributed by atoms with E-state index in [4.69, 9.17) is 4.74 Å². The van der Waals surface area contributed by atoms with E-state index < -0.39 is 16.1 Å². The number of methoxy groups -OCH3 is 1. The zero-order chi connectivity index (χ0) is 19.3. The van der Waals surface area contributed by atoms with Crippen LogP contribution in [0.2, 0.25) is 0 Å². The van der Waals surface area contributed by atoms with Gasteiger partial charge in [0, 0.05) is 12.6 Å². The Morgan fingerprint density at radius 1 is 1.15 bits per heavy atom. The molecule has 0 fully saturated rings. The van der Waals surface area contributed by atoms with Crippen LogP contribution in [0.4, 0.5) is 0 Å². The van der Waals surface area contributed by atoms with E-state index in [2.05, 4.69) is 10.0 Å². The number of aryl methyl sites for hydroxylation is 1. The first-order chi connectivity index (χ1) is 12.3. The Morgan fingerprint density at radius 2 is 1.81 bits per heavy atom. The van der Waals surface area contributed by atoms with E-state index in [0.29, 0.717) is 12.3 Å². The number of amides is 1. The molecule has 0 heterocycles. The van der Waals surface area contributed by atoms with Crippen molar-refractivity contribution in [2.75, 3.05) is 13.7 Å². The molecule has 2 aromatic rings. The number of benzene rings is 2. The van der Waals surface area contributed by atoms with E-state index in [9.17, 15) is 13.2 Å². The molecule has 0 spiro atoms. The summed E-state index contributed by atoms with van der Waals surface area (Å²) in [6, 6.07) is 11.5. The molecule has 0 saturated carbocycles. The van der Waals surface area contributed by atoms with Crippen LogP contribution in [-0.4, -0.2) is 28.0 Å². The molecule has 0 aliphatic heterocycles. The average Bonchev–Trinajstić information content (AvgIpc) is 2.61. The number of ether oxygens (including phenoxy) is 1. The zero-order valence-corrected chi connectivity index (χ0v) is 16.2. The minimum absolute atomic E-state index is 0.0125. The van der Waals surface area contributed by atoms with E-state index in [1.807, 2.05) is 31.2 Å². The summed E-state index contributed by atoms with van der Waals surface area (Å²) < 4.78 is 33.3. The molecule has 7 heteroatoms. The van der Waals surface area contributed by atoms with Gasteiger partial charge in [-0.25, -0.2) is 13.1 Å². The Labute approximate surface area is 154 Å². The summed E-state index contributed by atoms with van der Waals surface area (Å²) in [7, 11) is -2.36. The molecular formula is C19H24N2O4S. The van der Waals surface area contributed by atoms with Gasteiger partial charge in [-0.3, -0.25) is 4.79 Å². The molecule has 2 aromatic carbocycles. The number of sulfonamides is 1. The summed E-state index contributed by atoms with van der Waals surface area (Å²) >= 11 is 0. The maximum absolute atomic E-state index is 12.7. The number of carbonyl (C=O) groups excluding carboxylic acids is 1. The van der Waals surface area contributed by atoms with E-state index in [1.54, 1.807) is 13.8 Å². The third-order valence-electron chi connectivity index (χ3n) is 3.97. The third-order valence-corrected chi connectivity index (χ3v) is 5.51. The SMILES string of the molecule is CCNC(=O)c1cc(S(=O)(=O)N[C@@H](C)c2ccc(C)cc2)ccc1OC. The van der Waals surface area contributed by atoms with Gasteiger partial charge in [0.1, 0.15) is 5.75 Å². The summed E-state index contributed by atoms with van der Waals surface area (Å²) in [5, 5.41) is 2.65. The highest BCUT2D eigenvalue weighted by Gasteiger charge is 2.22. The van der Waals surface area contributed by atoms with E-state index >= 15 is 0 Å². The molecule has 0 radical (unpaired) electrons. The van der Waals surface area contributed by atoms with Crippen molar-refractivity contribution in [2.24, 2.45) is 0 Å². The maximum Gasteiger partial charge on any atom is 0.255 e. The lowest BCUT2D eigenvalue weighted by Crippen LogP contribution is -2.28. The van der Waals surface area contributed by atoms with Gasteiger partial charge < -0.3 is 10.1 Å². The first kappa shape index (κ1) is 19.9. The van der Waals surface area contributed by atoms with Crippen LogP contribution >= 0.6 is 0 Å². The van der Waals surface area contributed by atoms with Gasteiger partial charge in [0.15, 0.2) is 0 Å². The van der Waals surface area contributed by atoms with Crippen LogP contribution in [0.15, 0.2) is 47.4 Å². The molecule has 2 N–H and O–H groups in total. The molecule has 6 nitrogen and oxygen atoms in total. The van der Waals surface area contributed by atoms with Crippen molar-refractivity contribution in [2.45, 2.75) is 31.7 Å². The van der Waals surface area contributed by atoms with Gasteiger partial charge in [-0.2, -0.15) is 0 Å². The quantitative estimate of drug-likeness (QED) is 0.778. The molecule has 0 bridgehead atoms. The Balaban J connectivity index is 2.31. The molecule has 140 valence electrons. The van der Waals surface area contributed by atoms with Gasteiger partial charge in [0.25, 0.3) is 5.91 Å². The minimum atomic E-state index is -3.80. The Kier molecular flexibility index (Phi) is 6.39. The van der Waals surface area contributed by atoms with Crippen molar-refractivity contribution in [3.05, 3.63) is 59.2 Å². The van der Waals surface area contributed by atoms with Gasteiger partial charge in [0.2, 0.25) is 10.0 Å². The van der Waals surface area contributed by atoms with Gasteiger partial charge >= 0.3 is 0 Å². The molecule has 0 aromatic heterocycles. The fourth-order valence-electron chi connectivity index (χ4n) is 2.51. The van der Waals surface area contributed by atoms with Crippen LogP contribution in [0, 0.1) is 6.92 Å². The highest BCUT2D eigenvalue weighted by atomic mass is 32.2. The second kappa shape index (κ2) is 8.33. The third kappa shape index (κ3) is 4.62. The number of hydrogen-bond donors (Lipinski definition) is 2. The first-order valence-electron chi connectivity index (χ1n) is 8.33. The largest absolute Gasteiger partial charge is 0.496 e. The Morgan fingerprint density at radius 3 is 2.38 bits per heavy atom. The zero-order valence-electron chi connectivity index (χ0n) is 15.4. The monoisotopic (exact) mass is 376 g/mol. The second-order valence-electron chi connectivity index (χ2n) is 5.98. The molecular weight excluding hydrogens is 352 g/mol. The number of rotatable bonds is 7. The summed E-state index contributed by atoms with van der Waals surface area (Å²) in [5.41, 5.74) is 2.14. The molecule has 0 aliphatic carbocycles. The van der Waals surface area contributed by atoms with Crippen LogP contribution in [0.5, 0.6) is 5.75 Å². The van der Waals surface area contributed by atoms with Crippen molar-refractivity contribution in [1.82, 2.24) is 10.0 Å². The van der Waals surface area contributed by atoms with Crippen LogP contribution in [-0.2, 0) is 10.0 Å². The number of nitrogens with one attached hydrogen (secondary N) is 2. The molecule has 26 heavy (non-hydrogen) atoms. The van der Waals surface area contributed by atoms with Crippen LogP contribution < -0.4 is 14.8 Å². The lowest BCUT2D eigenvalue weighted by molar-refractivity contribution is 0.0952. The van der Waals surface area contributed by atoms with E-state index in [-0.39, 0.29) is 16.4 Å². The lowest BCUT2D eigenvalue weighted by Gasteiger charge is -2.16. The summed E-state index contributed by atoms with van der Waals surface area (Å²) in [6.07, 6.45) is 0. The second-order valence-corrected chi connectivity index (χ2v) is 7.69. The number of carbonyl (C=O) groups is 1. The fourth-order valence-corrected chi connectivity index (χ4v) is 3.77.